The van der Waals surface area contributed by atoms with E-state index in [1.165, 1.54) is 7.11 Å². The molecule has 1 atom stereocenters. The third kappa shape index (κ3) is 3.52. The molecule has 0 spiro atoms. The average Bonchev–Trinajstić information content (AvgIpc) is 2.41. The number of anilines is 1. The Morgan fingerprint density at radius 1 is 1.42 bits per heavy atom. The second kappa shape index (κ2) is 6.86. The van der Waals surface area contributed by atoms with Crippen LogP contribution in [0.25, 0.3) is 0 Å². The van der Waals surface area contributed by atoms with Gasteiger partial charge in [0.2, 0.25) is 0 Å². The number of carbonyl (C=O) groups is 2. The van der Waals surface area contributed by atoms with Gasteiger partial charge in [0.05, 0.1) is 0 Å². The monoisotopic (exact) mass is 265 g/mol. The minimum atomic E-state index is -0.706. The Balaban J connectivity index is 2.96. The molecule has 0 aliphatic rings. The molecule has 0 aliphatic heterocycles. The van der Waals surface area contributed by atoms with Gasteiger partial charge in [0.25, 0.3) is 11.8 Å². The SMILES string of the molecule is CNC(=O)c1cccc(NC(=O)C(CN)OC)c1C. The Labute approximate surface area is 112 Å². The van der Waals surface area contributed by atoms with Crippen LogP contribution in [0.3, 0.4) is 0 Å². The third-order valence-corrected chi connectivity index (χ3v) is 2.85. The fourth-order valence-corrected chi connectivity index (χ4v) is 1.68. The lowest BCUT2D eigenvalue weighted by Gasteiger charge is -2.15. The van der Waals surface area contributed by atoms with Gasteiger partial charge in [-0.1, -0.05) is 6.07 Å². The molecule has 0 aliphatic carbocycles. The van der Waals surface area contributed by atoms with Crippen molar-refractivity contribution in [2.75, 3.05) is 26.0 Å². The number of nitrogens with two attached hydrogens (primary N) is 1. The molecule has 1 rings (SSSR count). The number of benzene rings is 1. The highest BCUT2D eigenvalue weighted by Crippen LogP contribution is 2.19. The number of amides is 2. The number of hydrogen-bond acceptors (Lipinski definition) is 4. The zero-order valence-corrected chi connectivity index (χ0v) is 11.3. The predicted octanol–water partition coefficient (Wildman–Crippen LogP) is 0.267. The van der Waals surface area contributed by atoms with Gasteiger partial charge in [0, 0.05) is 32.0 Å². The maximum absolute atomic E-state index is 11.9. The summed E-state index contributed by atoms with van der Waals surface area (Å²) in [6.07, 6.45) is -0.706. The van der Waals surface area contributed by atoms with E-state index >= 15 is 0 Å². The quantitative estimate of drug-likeness (QED) is 0.712. The number of methoxy groups -OCH3 is 1. The fraction of sp³-hybridized carbons (Fsp3) is 0.385. The summed E-state index contributed by atoms with van der Waals surface area (Å²) in [5.41, 5.74) is 7.21. The lowest BCUT2D eigenvalue weighted by Crippen LogP contribution is -2.36. The summed E-state index contributed by atoms with van der Waals surface area (Å²) in [5, 5.41) is 5.26. The molecule has 6 nitrogen and oxygen atoms in total. The maximum Gasteiger partial charge on any atom is 0.254 e. The highest BCUT2D eigenvalue weighted by molar-refractivity contribution is 6.00. The van der Waals surface area contributed by atoms with Gasteiger partial charge in [-0.15, -0.1) is 0 Å². The summed E-state index contributed by atoms with van der Waals surface area (Å²) >= 11 is 0. The molecule has 0 radical (unpaired) electrons. The van der Waals surface area contributed by atoms with E-state index in [0.717, 1.165) is 0 Å². The van der Waals surface area contributed by atoms with Crippen LogP contribution in [-0.4, -0.2) is 38.6 Å². The Kier molecular flexibility index (Phi) is 5.47. The molecular weight excluding hydrogens is 246 g/mol. The topological polar surface area (TPSA) is 93.5 Å². The van der Waals surface area contributed by atoms with Gasteiger partial charge in [-0.05, 0) is 24.6 Å². The maximum atomic E-state index is 11.9. The largest absolute Gasteiger partial charge is 0.370 e. The van der Waals surface area contributed by atoms with E-state index in [4.69, 9.17) is 10.5 Å². The molecule has 0 saturated heterocycles. The first-order chi connectivity index (χ1) is 9.04. The van der Waals surface area contributed by atoms with E-state index in [1.54, 1.807) is 32.2 Å². The Morgan fingerprint density at radius 2 is 2.11 bits per heavy atom. The van der Waals surface area contributed by atoms with Crippen LogP contribution < -0.4 is 16.4 Å². The molecule has 2 amide bonds. The molecule has 1 aromatic rings. The molecule has 0 fully saturated rings. The van der Waals surface area contributed by atoms with Crippen molar-refractivity contribution < 1.29 is 14.3 Å². The molecule has 1 aromatic carbocycles. The molecule has 104 valence electrons. The smallest absolute Gasteiger partial charge is 0.254 e. The first-order valence-electron chi connectivity index (χ1n) is 5.90. The van der Waals surface area contributed by atoms with Crippen LogP contribution in [-0.2, 0) is 9.53 Å². The van der Waals surface area contributed by atoms with Gasteiger partial charge in [-0.25, -0.2) is 0 Å². The van der Waals surface area contributed by atoms with Crippen molar-refractivity contribution in [1.29, 1.82) is 0 Å². The third-order valence-electron chi connectivity index (χ3n) is 2.85. The summed E-state index contributed by atoms with van der Waals surface area (Å²) in [5.74, 6) is -0.530. The lowest BCUT2D eigenvalue weighted by molar-refractivity contribution is -0.125. The number of carbonyl (C=O) groups excluding carboxylic acids is 2. The van der Waals surface area contributed by atoms with E-state index in [-0.39, 0.29) is 18.4 Å². The summed E-state index contributed by atoms with van der Waals surface area (Å²) in [6.45, 7) is 1.86. The molecule has 0 heterocycles. The Morgan fingerprint density at radius 3 is 2.63 bits per heavy atom. The van der Waals surface area contributed by atoms with E-state index in [2.05, 4.69) is 10.6 Å². The minimum Gasteiger partial charge on any atom is -0.370 e. The molecule has 19 heavy (non-hydrogen) atoms. The van der Waals surface area contributed by atoms with Crippen molar-refractivity contribution in [3.05, 3.63) is 29.3 Å². The normalized spacial score (nSPS) is 11.8. The van der Waals surface area contributed by atoms with Crippen molar-refractivity contribution in [1.82, 2.24) is 5.32 Å². The van der Waals surface area contributed by atoms with E-state index < -0.39 is 6.10 Å². The number of ether oxygens (including phenoxy) is 1. The molecular formula is C13H19N3O3. The van der Waals surface area contributed by atoms with E-state index in [9.17, 15) is 9.59 Å². The first kappa shape index (κ1) is 15.1. The van der Waals surface area contributed by atoms with Crippen molar-refractivity contribution in [3.63, 3.8) is 0 Å². The van der Waals surface area contributed by atoms with Gasteiger partial charge in [0.15, 0.2) is 0 Å². The van der Waals surface area contributed by atoms with E-state index in [1.807, 2.05) is 0 Å². The summed E-state index contributed by atoms with van der Waals surface area (Å²) < 4.78 is 4.96. The summed E-state index contributed by atoms with van der Waals surface area (Å²) in [4.78, 5) is 23.5. The van der Waals surface area contributed by atoms with Crippen LogP contribution in [0.15, 0.2) is 18.2 Å². The number of hydrogen-bond donors (Lipinski definition) is 3. The highest BCUT2D eigenvalue weighted by Gasteiger charge is 2.18. The van der Waals surface area contributed by atoms with Crippen LogP contribution in [0, 0.1) is 6.92 Å². The van der Waals surface area contributed by atoms with Gasteiger partial charge < -0.3 is 21.1 Å². The van der Waals surface area contributed by atoms with Gasteiger partial charge in [-0.3, -0.25) is 9.59 Å². The number of nitrogens with one attached hydrogen (secondary N) is 2. The second-order valence-electron chi connectivity index (χ2n) is 4.01. The van der Waals surface area contributed by atoms with Crippen LogP contribution >= 0.6 is 0 Å². The zero-order chi connectivity index (χ0) is 14.4. The standard InChI is InChI=1S/C13H19N3O3/c1-8-9(12(17)15-2)5-4-6-10(8)16-13(18)11(7-14)19-3/h4-6,11H,7,14H2,1-3H3,(H,15,17)(H,16,18). The summed E-state index contributed by atoms with van der Waals surface area (Å²) in [7, 11) is 2.98. The molecule has 4 N–H and O–H groups in total. The highest BCUT2D eigenvalue weighted by atomic mass is 16.5. The summed E-state index contributed by atoms with van der Waals surface area (Å²) in [6, 6.07) is 5.13. The van der Waals surface area contributed by atoms with Crippen LogP contribution in [0.4, 0.5) is 5.69 Å². The zero-order valence-electron chi connectivity index (χ0n) is 11.3. The van der Waals surface area contributed by atoms with Gasteiger partial charge >= 0.3 is 0 Å². The van der Waals surface area contributed by atoms with Gasteiger partial charge in [-0.2, -0.15) is 0 Å². The van der Waals surface area contributed by atoms with Crippen molar-refractivity contribution >= 4 is 17.5 Å². The second-order valence-corrected chi connectivity index (χ2v) is 4.01. The molecule has 1 unspecified atom stereocenters. The number of rotatable bonds is 5. The molecule has 6 heteroatoms. The fourth-order valence-electron chi connectivity index (χ4n) is 1.68. The minimum absolute atomic E-state index is 0.0938. The van der Waals surface area contributed by atoms with Crippen molar-refractivity contribution in [2.45, 2.75) is 13.0 Å². The Hall–Kier alpha value is -1.92. The molecule has 0 saturated carbocycles. The van der Waals surface area contributed by atoms with Crippen LogP contribution in [0.5, 0.6) is 0 Å². The van der Waals surface area contributed by atoms with Crippen molar-refractivity contribution in [2.24, 2.45) is 5.73 Å². The predicted molar refractivity (Wildman–Crippen MR) is 73.1 cm³/mol. The first-order valence-corrected chi connectivity index (χ1v) is 5.90. The Bertz CT molecular complexity index is 470. The lowest BCUT2D eigenvalue weighted by atomic mass is 10.1. The van der Waals surface area contributed by atoms with Crippen molar-refractivity contribution in [3.8, 4) is 0 Å². The van der Waals surface area contributed by atoms with Crippen LogP contribution in [0.2, 0.25) is 0 Å². The molecule has 0 aromatic heterocycles. The molecule has 0 bridgehead atoms. The van der Waals surface area contributed by atoms with E-state index in [0.29, 0.717) is 16.8 Å². The van der Waals surface area contributed by atoms with Crippen LogP contribution in [0.1, 0.15) is 15.9 Å². The average molecular weight is 265 g/mol. The van der Waals surface area contributed by atoms with Gasteiger partial charge in [0.1, 0.15) is 6.10 Å².